The highest BCUT2D eigenvalue weighted by Crippen LogP contribution is 2.35. The number of Topliss-reactive ketones (excluding diaryl/α,β-unsaturated/α-hetero) is 2. The summed E-state index contributed by atoms with van der Waals surface area (Å²) in [6, 6.07) is 7.90. The lowest BCUT2D eigenvalue weighted by Gasteiger charge is -2.27. The highest BCUT2D eigenvalue weighted by Gasteiger charge is 2.32. The van der Waals surface area contributed by atoms with Crippen LogP contribution in [-0.2, 0) is 9.59 Å². The second kappa shape index (κ2) is 5.34. The molecule has 3 heteroatoms. The lowest BCUT2D eigenvalue weighted by molar-refractivity contribution is -0.133. The maximum atomic E-state index is 11.7. The molecule has 1 aliphatic carbocycles. The van der Waals surface area contributed by atoms with Crippen molar-refractivity contribution in [2.45, 2.75) is 32.1 Å². The van der Waals surface area contributed by atoms with Gasteiger partial charge >= 0.3 is 0 Å². The Kier molecular flexibility index (Phi) is 3.80. The quantitative estimate of drug-likeness (QED) is 0.770. The molecule has 1 fully saturated rings. The van der Waals surface area contributed by atoms with E-state index in [1.54, 1.807) is 7.11 Å². The molecular formula is C15H18O3. The lowest BCUT2D eigenvalue weighted by Crippen LogP contribution is -2.29. The Morgan fingerprint density at radius 1 is 1.28 bits per heavy atom. The molecule has 0 bridgehead atoms. The van der Waals surface area contributed by atoms with Gasteiger partial charge in [-0.2, -0.15) is 0 Å². The summed E-state index contributed by atoms with van der Waals surface area (Å²) in [6.45, 7) is 1.51. The van der Waals surface area contributed by atoms with Crippen molar-refractivity contribution in [2.75, 3.05) is 7.11 Å². The maximum absolute atomic E-state index is 11.7. The molecule has 1 saturated carbocycles. The third kappa shape index (κ3) is 2.61. The van der Waals surface area contributed by atoms with Gasteiger partial charge in [0.05, 0.1) is 13.0 Å². The van der Waals surface area contributed by atoms with Crippen molar-refractivity contribution in [3.63, 3.8) is 0 Å². The monoisotopic (exact) mass is 246 g/mol. The Morgan fingerprint density at radius 3 is 2.50 bits per heavy atom. The summed E-state index contributed by atoms with van der Waals surface area (Å²) in [5.74, 6) is 0.840. The van der Waals surface area contributed by atoms with Crippen LogP contribution in [0, 0.1) is 5.92 Å². The fourth-order valence-electron chi connectivity index (χ4n) is 2.60. The molecule has 0 radical (unpaired) electrons. The predicted octanol–water partition coefficient (Wildman–Crippen LogP) is 2.74. The normalized spacial score (nSPS) is 23.8. The molecule has 0 aliphatic heterocycles. The molecule has 18 heavy (non-hydrogen) atoms. The number of benzene rings is 1. The zero-order valence-electron chi connectivity index (χ0n) is 10.8. The number of carbonyl (C=O) groups excluding carboxylic acids is 2. The van der Waals surface area contributed by atoms with Gasteiger partial charge in [0.15, 0.2) is 0 Å². The molecule has 0 unspecified atom stereocenters. The summed E-state index contributed by atoms with van der Waals surface area (Å²) >= 11 is 0. The van der Waals surface area contributed by atoms with Crippen molar-refractivity contribution < 1.29 is 14.3 Å². The summed E-state index contributed by atoms with van der Waals surface area (Å²) in [5.41, 5.74) is 1.19. The smallest absolute Gasteiger partial charge is 0.143 e. The van der Waals surface area contributed by atoms with Crippen LogP contribution in [0.2, 0.25) is 0 Å². The van der Waals surface area contributed by atoms with Crippen molar-refractivity contribution in [2.24, 2.45) is 5.92 Å². The standard InChI is InChI=1S/C15H18O3/c1-10(16)14-9-12(5-8-15(14)17)11-3-6-13(18-2)7-4-11/h3-4,6-7,12,14H,5,8-9H2,1-2H3/t12-,14+/m0/s1. The van der Waals surface area contributed by atoms with Crippen molar-refractivity contribution in [3.8, 4) is 5.75 Å². The SMILES string of the molecule is COc1ccc([C@H]2CCC(=O)[C@@H](C(C)=O)C2)cc1. The minimum absolute atomic E-state index is 0.00166. The average Bonchev–Trinajstić information content (AvgIpc) is 2.39. The number of hydrogen-bond donors (Lipinski definition) is 0. The maximum Gasteiger partial charge on any atom is 0.143 e. The Labute approximate surface area is 107 Å². The van der Waals surface area contributed by atoms with Crippen LogP contribution in [0.5, 0.6) is 5.75 Å². The summed E-state index contributed by atoms with van der Waals surface area (Å²) < 4.78 is 5.12. The molecule has 1 aromatic carbocycles. The first-order valence-electron chi connectivity index (χ1n) is 6.29. The molecule has 0 spiro atoms. The molecule has 0 amide bonds. The van der Waals surface area contributed by atoms with E-state index in [0.29, 0.717) is 18.8 Å². The molecular weight excluding hydrogens is 228 g/mol. The molecule has 96 valence electrons. The van der Waals surface area contributed by atoms with E-state index in [-0.39, 0.29) is 11.6 Å². The Morgan fingerprint density at radius 2 is 1.94 bits per heavy atom. The fourth-order valence-corrected chi connectivity index (χ4v) is 2.60. The molecule has 3 nitrogen and oxygen atoms in total. The zero-order chi connectivity index (χ0) is 13.1. The van der Waals surface area contributed by atoms with E-state index < -0.39 is 5.92 Å². The molecule has 2 atom stereocenters. The van der Waals surface area contributed by atoms with Gasteiger partial charge in [-0.05, 0) is 43.4 Å². The highest BCUT2D eigenvalue weighted by molar-refractivity contribution is 6.01. The lowest BCUT2D eigenvalue weighted by atomic mass is 9.76. The van der Waals surface area contributed by atoms with Gasteiger partial charge in [0.1, 0.15) is 17.3 Å². The third-order valence-corrected chi connectivity index (χ3v) is 3.73. The van der Waals surface area contributed by atoms with Crippen LogP contribution in [0.15, 0.2) is 24.3 Å². The molecule has 0 aromatic heterocycles. The van der Waals surface area contributed by atoms with Crippen molar-refractivity contribution in [3.05, 3.63) is 29.8 Å². The second-order valence-corrected chi connectivity index (χ2v) is 4.87. The van der Waals surface area contributed by atoms with E-state index in [4.69, 9.17) is 4.74 Å². The summed E-state index contributed by atoms with van der Waals surface area (Å²) in [7, 11) is 1.64. The summed E-state index contributed by atoms with van der Waals surface area (Å²) in [5, 5.41) is 0. The van der Waals surface area contributed by atoms with E-state index in [1.165, 1.54) is 12.5 Å². The first kappa shape index (κ1) is 12.8. The molecule has 0 saturated heterocycles. The van der Waals surface area contributed by atoms with Gasteiger partial charge in [-0.3, -0.25) is 9.59 Å². The van der Waals surface area contributed by atoms with Gasteiger partial charge in [-0.25, -0.2) is 0 Å². The average molecular weight is 246 g/mol. The van der Waals surface area contributed by atoms with Gasteiger partial charge in [-0.15, -0.1) is 0 Å². The van der Waals surface area contributed by atoms with Crippen LogP contribution in [0.25, 0.3) is 0 Å². The number of hydrogen-bond acceptors (Lipinski definition) is 3. The second-order valence-electron chi connectivity index (χ2n) is 4.87. The van der Waals surface area contributed by atoms with E-state index >= 15 is 0 Å². The minimum atomic E-state index is -0.397. The number of methoxy groups -OCH3 is 1. The van der Waals surface area contributed by atoms with Gasteiger partial charge in [0.25, 0.3) is 0 Å². The van der Waals surface area contributed by atoms with Crippen molar-refractivity contribution in [1.29, 1.82) is 0 Å². The van der Waals surface area contributed by atoms with Crippen LogP contribution in [0.1, 0.15) is 37.7 Å². The van der Waals surface area contributed by atoms with Crippen LogP contribution >= 0.6 is 0 Å². The molecule has 1 aliphatic rings. The van der Waals surface area contributed by atoms with Crippen LogP contribution < -0.4 is 4.74 Å². The van der Waals surface area contributed by atoms with E-state index in [1.807, 2.05) is 24.3 Å². The Balaban J connectivity index is 2.13. The molecule has 2 rings (SSSR count). The number of carbonyl (C=O) groups is 2. The van der Waals surface area contributed by atoms with Gasteiger partial charge < -0.3 is 4.74 Å². The largest absolute Gasteiger partial charge is 0.497 e. The number of ether oxygens (including phenoxy) is 1. The molecule has 0 heterocycles. The highest BCUT2D eigenvalue weighted by atomic mass is 16.5. The topological polar surface area (TPSA) is 43.4 Å². The Hall–Kier alpha value is -1.64. The predicted molar refractivity (Wildman–Crippen MR) is 68.8 cm³/mol. The van der Waals surface area contributed by atoms with E-state index in [2.05, 4.69) is 0 Å². The van der Waals surface area contributed by atoms with Crippen LogP contribution in [-0.4, -0.2) is 18.7 Å². The summed E-state index contributed by atoms with van der Waals surface area (Å²) in [4.78, 5) is 23.1. The third-order valence-electron chi connectivity index (χ3n) is 3.73. The first-order chi connectivity index (χ1) is 8.61. The van der Waals surface area contributed by atoms with Crippen LogP contribution in [0.4, 0.5) is 0 Å². The van der Waals surface area contributed by atoms with Crippen LogP contribution in [0.3, 0.4) is 0 Å². The van der Waals surface area contributed by atoms with Crippen molar-refractivity contribution in [1.82, 2.24) is 0 Å². The Bertz CT molecular complexity index is 447. The molecule has 0 N–H and O–H groups in total. The number of ketones is 2. The van der Waals surface area contributed by atoms with Crippen molar-refractivity contribution >= 4 is 11.6 Å². The summed E-state index contributed by atoms with van der Waals surface area (Å²) in [6.07, 6.45) is 2.01. The van der Waals surface area contributed by atoms with Gasteiger partial charge in [-0.1, -0.05) is 12.1 Å². The number of rotatable bonds is 3. The minimum Gasteiger partial charge on any atom is -0.497 e. The van der Waals surface area contributed by atoms with Gasteiger partial charge in [0, 0.05) is 6.42 Å². The first-order valence-corrected chi connectivity index (χ1v) is 6.29. The zero-order valence-corrected chi connectivity index (χ0v) is 10.8. The van der Waals surface area contributed by atoms with Gasteiger partial charge in [0.2, 0.25) is 0 Å². The van der Waals surface area contributed by atoms with E-state index in [9.17, 15) is 9.59 Å². The molecule has 1 aromatic rings. The van der Waals surface area contributed by atoms with E-state index in [0.717, 1.165) is 12.2 Å². The fraction of sp³-hybridized carbons (Fsp3) is 0.467.